The number of aromatic nitrogens is 3. The zero-order valence-corrected chi connectivity index (χ0v) is 23.6. The zero-order valence-electron chi connectivity index (χ0n) is 23.6. The van der Waals surface area contributed by atoms with Crippen LogP contribution in [0.2, 0.25) is 0 Å². The van der Waals surface area contributed by atoms with Gasteiger partial charge in [0.25, 0.3) is 0 Å². The summed E-state index contributed by atoms with van der Waals surface area (Å²) in [6.07, 6.45) is 10.6. The van der Waals surface area contributed by atoms with Crippen LogP contribution in [0.4, 0.5) is 5.82 Å². The van der Waals surface area contributed by atoms with Gasteiger partial charge in [-0.3, -0.25) is 9.80 Å². The third kappa shape index (κ3) is 8.21. The number of aromatic amines is 1. The molecular weight excluding hydrogens is 500 g/mol. The topological polar surface area (TPSA) is 86.4 Å². The normalized spacial score (nSPS) is 15.7. The molecule has 1 saturated heterocycles. The maximum atomic E-state index is 10.4. The molecule has 8 nitrogen and oxygen atoms in total. The number of rotatable bonds is 16. The van der Waals surface area contributed by atoms with E-state index in [4.69, 9.17) is 4.74 Å². The van der Waals surface area contributed by atoms with Gasteiger partial charge in [-0.05, 0) is 42.5 Å². The fourth-order valence-corrected chi connectivity index (χ4v) is 4.97. The first-order valence-electron chi connectivity index (χ1n) is 14.2. The van der Waals surface area contributed by atoms with Gasteiger partial charge in [-0.2, -0.15) is 0 Å². The zero-order chi connectivity index (χ0) is 28.2. The molecule has 1 fully saturated rings. The van der Waals surface area contributed by atoms with E-state index in [9.17, 15) is 4.79 Å². The van der Waals surface area contributed by atoms with Gasteiger partial charge in [-0.25, -0.2) is 9.97 Å². The van der Waals surface area contributed by atoms with Gasteiger partial charge in [0.1, 0.15) is 24.1 Å². The lowest BCUT2D eigenvalue weighted by atomic mass is 10.1. The Morgan fingerprint density at radius 2 is 1.88 bits per heavy atom. The highest BCUT2D eigenvalue weighted by Crippen LogP contribution is 2.28. The van der Waals surface area contributed by atoms with Gasteiger partial charge in [-0.1, -0.05) is 55.7 Å². The molecule has 1 aromatic carbocycles. The summed E-state index contributed by atoms with van der Waals surface area (Å²) in [5.74, 6) is 0.786. The Labute approximate surface area is 237 Å². The number of H-pyrrole nitrogens is 1. The largest absolute Gasteiger partial charge is 0.380 e. The number of anilines is 1. The van der Waals surface area contributed by atoms with E-state index in [-0.39, 0.29) is 6.04 Å². The molecule has 8 heteroatoms. The van der Waals surface area contributed by atoms with Crippen molar-refractivity contribution in [3.8, 4) is 11.3 Å². The lowest BCUT2D eigenvalue weighted by Gasteiger charge is -2.34. The van der Waals surface area contributed by atoms with E-state index in [1.54, 1.807) is 12.4 Å². The minimum absolute atomic E-state index is 0.0337. The molecule has 3 heterocycles. The Hall–Kier alpha value is -3.59. The summed E-state index contributed by atoms with van der Waals surface area (Å²) < 4.78 is 5.72. The number of nitrogens with one attached hydrogen (secondary N) is 2. The number of hydrogen-bond acceptors (Lipinski definition) is 7. The maximum Gasteiger partial charge on any atom is 0.143 e. The Bertz CT molecular complexity index is 1270. The number of fused-ring (bicyclic) bond motifs is 1. The van der Waals surface area contributed by atoms with Crippen molar-refractivity contribution >= 4 is 23.1 Å². The van der Waals surface area contributed by atoms with E-state index in [2.05, 4.69) is 80.5 Å². The van der Waals surface area contributed by atoms with Crippen LogP contribution in [0.15, 0.2) is 73.6 Å². The third-order valence-corrected chi connectivity index (χ3v) is 7.37. The second kappa shape index (κ2) is 15.3. The first kappa shape index (κ1) is 29.4. The van der Waals surface area contributed by atoms with Gasteiger partial charge in [0.2, 0.25) is 0 Å². The molecule has 0 unspecified atom stereocenters. The van der Waals surface area contributed by atoms with Crippen molar-refractivity contribution in [2.45, 2.75) is 38.8 Å². The van der Waals surface area contributed by atoms with Crippen molar-refractivity contribution in [3.63, 3.8) is 0 Å². The minimum atomic E-state index is 0.0337. The Kier molecular flexibility index (Phi) is 11.2. The highest BCUT2D eigenvalue weighted by atomic mass is 16.5. The number of piperazine rings is 1. The predicted octanol–water partition coefficient (Wildman–Crippen LogP) is 5.23. The molecule has 0 spiro atoms. The molecule has 1 aliphatic heterocycles. The van der Waals surface area contributed by atoms with Gasteiger partial charge in [0.15, 0.2) is 0 Å². The van der Waals surface area contributed by atoms with Crippen molar-refractivity contribution in [1.29, 1.82) is 0 Å². The van der Waals surface area contributed by atoms with Gasteiger partial charge < -0.3 is 19.8 Å². The lowest BCUT2D eigenvalue weighted by molar-refractivity contribution is -0.108. The molecule has 0 radical (unpaired) electrons. The van der Waals surface area contributed by atoms with Crippen molar-refractivity contribution in [1.82, 2.24) is 24.8 Å². The first-order valence-corrected chi connectivity index (χ1v) is 14.2. The average molecular weight is 543 g/mol. The summed E-state index contributed by atoms with van der Waals surface area (Å²) >= 11 is 0. The smallest absolute Gasteiger partial charge is 0.143 e. The Morgan fingerprint density at radius 1 is 1.10 bits per heavy atom. The number of allylic oxidation sites excluding steroid dienone is 2. The summed E-state index contributed by atoms with van der Waals surface area (Å²) in [4.78, 5) is 27.7. The van der Waals surface area contributed by atoms with Crippen LogP contribution in [-0.2, 0) is 16.1 Å². The number of carbonyl (C=O) groups excluding carboxylic acids is 1. The minimum Gasteiger partial charge on any atom is -0.380 e. The number of unbranched alkanes of at least 4 members (excludes halogenated alkanes) is 2. The molecule has 0 saturated carbocycles. The molecule has 40 heavy (non-hydrogen) atoms. The van der Waals surface area contributed by atoms with E-state index < -0.39 is 0 Å². The molecule has 0 aliphatic carbocycles. The summed E-state index contributed by atoms with van der Waals surface area (Å²) in [6.45, 7) is 17.5. The van der Waals surface area contributed by atoms with Crippen molar-refractivity contribution in [2.75, 3.05) is 51.3 Å². The van der Waals surface area contributed by atoms with E-state index in [1.807, 2.05) is 12.2 Å². The summed E-state index contributed by atoms with van der Waals surface area (Å²) in [6, 6.07) is 10.9. The van der Waals surface area contributed by atoms with Crippen molar-refractivity contribution in [2.24, 2.45) is 0 Å². The Balaban J connectivity index is 1.28. The van der Waals surface area contributed by atoms with Crippen molar-refractivity contribution in [3.05, 3.63) is 79.2 Å². The van der Waals surface area contributed by atoms with Crippen LogP contribution in [0.3, 0.4) is 0 Å². The van der Waals surface area contributed by atoms with Crippen LogP contribution < -0.4 is 5.32 Å². The van der Waals surface area contributed by atoms with Crippen LogP contribution in [-0.4, -0.2) is 83.0 Å². The van der Waals surface area contributed by atoms with Crippen LogP contribution in [0, 0.1) is 0 Å². The molecule has 2 aromatic heterocycles. The number of aldehydes is 1. The molecule has 0 amide bonds. The number of hydrogen-bond donors (Lipinski definition) is 2. The summed E-state index contributed by atoms with van der Waals surface area (Å²) in [5.41, 5.74) is 5.30. The standard InChI is InChI=1S/C32H42N6O2/c1-4-9-27(5-2)25(3)35-31-29-22-30(36-32(29)34-24-33-31)28-12-10-26(11-13-28)23-38-16-14-37(15-17-38)18-21-40-20-8-6-7-19-39/h4-5,9-13,19,22,24-25H,1-2,6-8,14-18,20-21,23H2,3H3,(H2,33,34,35,36)/b27-9+/t25-/m1/s1. The van der Waals surface area contributed by atoms with Crippen LogP contribution in [0.5, 0.6) is 0 Å². The highest BCUT2D eigenvalue weighted by molar-refractivity contribution is 5.91. The maximum absolute atomic E-state index is 10.4. The summed E-state index contributed by atoms with van der Waals surface area (Å²) in [7, 11) is 0. The molecule has 1 atom stereocenters. The van der Waals surface area contributed by atoms with Crippen LogP contribution in [0.1, 0.15) is 31.7 Å². The monoisotopic (exact) mass is 542 g/mol. The third-order valence-electron chi connectivity index (χ3n) is 7.37. The first-order chi connectivity index (χ1) is 19.6. The molecule has 2 N–H and O–H groups in total. The van der Waals surface area contributed by atoms with E-state index in [0.29, 0.717) is 6.42 Å². The average Bonchev–Trinajstić information content (AvgIpc) is 3.42. The fourth-order valence-electron chi connectivity index (χ4n) is 4.97. The van der Waals surface area contributed by atoms with Gasteiger partial charge in [0.05, 0.1) is 12.0 Å². The molecular formula is C32H42N6O2. The summed E-state index contributed by atoms with van der Waals surface area (Å²) in [5, 5.41) is 4.44. The van der Waals surface area contributed by atoms with Gasteiger partial charge in [-0.15, -0.1) is 0 Å². The number of nitrogens with zero attached hydrogens (tertiary/aromatic N) is 4. The second-order valence-corrected chi connectivity index (χ2v) is 10.2. The predicted molar refractivity (Wildman–Crippen MR) is 163 cm³/mol. The Morgan fingerprint density at radius 3 is 2.60 bits per heavy atom. The molecule has 1 aliphatic rings. The number of carbonyl (C=O) groups is 1. The molecule has 4 rings (SSSR count). The highest BCUT2D eigenvalue weighted by Gasteiger charge is 2.17. The van der Waals surface area contributed by atoms with Crippen LogP contribution in [0.25, 0.3) is 22.3 Å². The molecule has 3 aromatic rings. The second-order valence-electron chi connectivity index (χ2n) is 10.2. The van der Waals surface area contributed by atoms with Crippen LogP contribution >= 0.6 is 0 Å². The quantitative estimate of drug-likeness (QED) is 0.146. The van der Waals surface area contributed by atoms with E-state index >= 15 is 0 Å². The van der Waals surface area contributed by atoms with Crippen molar-refractivity contribution < 1.29 is 9.53 Å². The van der Waals surface area contributed by atoms with E-state index in [0.717, 1.165) is 105 Å². The van der Waals surface area contributed by atoms with Gasteiger partial charge in [0, 0.05) is 64.0 Å². The number of ether oxygens (including phenoxy) is 1. The fraction of sp³-hybridized carbons (Fsp3) is 0.406. The van der Waals surface area contributed by atoms with E-state index in [1.165, 1.54) is 5.56 Å². The SMILES string of the molecule is C=C/C=C(\C=C)[C@@H](C)Nc1ncnc2[nH]c(-c3ccc(CN4CCN(CCOCCCCC=O)CC4)cc3)cc12. The molecule has 212 valence electrons. The number of benzene rings is 1. The molecule has 0 bridgehead atoms. The van der Waals surface area contributed by atoms with Gasteiger partial charge >= 0.3 is 0 Å². The lowest BCUT2D eigenvalue weighted by Crippen LogP contribution is -2.46.